The van der Waals surface area contributed by atoms with E-state index in [-0.39, 0.29) is 11.6 Å². The van der Waals surface area contributed by atoms with Gasteiger partial charge in [-0.25, -0.2) is 0 Å². The molecule has 20 heavy (non-hydrogen) atoms. The summed E-state index contributed by atoms with van der Waals surface area (Å²) in [4.78, 5) is 2.24. The molecule has 0 amide bonds. The number of aryl methyl sites for hydroxylation is 2. The molecule has 116 valence electrons. The Morgan fingerprint density at radius 3 is 2.40 bits per heavy atom. The van der Waals surface area contributed by atoms with E-state index in [0.717, 1.165) is 29.4 Å². The molecule has 2 unspecified atom stereocenters. The molecule has 0 bridgehead atoms. The van der Waals surface area contributed by atoms with Crippen molar-refractivity contribution >= 4 is 15.9 Å². The van der Waals surface area contributed by atoms with Crippen molar-refractivity contribution in [1.29, 1.82) is 0 Å². The third-order valence-electron chi connectivity index (χ3n) is 4.59. The molecular formula is C14H28BrN5. The molecule has 5 nitrogen and oxygen atoms in total. The Bertz CT molecular complexity index is 443. The topological polar surface area (TPSA) is 59.1 Å². The van der Waals surface area contributed by atoms with E-state index in [1.54, 1.807) is 0 Å². The minimum Gasteiger partial charge on any atom is -0.302 e. The summed E-state index contributed by atoms with van der Waals surface area (Å²) in [7, 11) is 6.19. The second-order valence-corrected chi connectivity index (χ2v) is 6.51. The molecule has 3 N–H and O–H groups in total. The number of rotatable bonds is 7. The smallest absolute Gasteiger partial charge is 0.0766 e. The fourth-order valence-electron chi connectivity index (χ4n) is 2.57. The third-order valence-corrected chi connectivity index (χ3v) is 5.51. The molecule has 1 aromatic heterocycles. The van der Waals surface area contributed by atoms with Gasteiger partial charge in [-0.05, 0) is 49.8 Å². The van der Waals surface area contributed by atoms with Gasteiger partial charge in [0.2, 0.25) is 0 Å². The van der Waals surface area contributed by atoms with Crippen molar-refractivity contribution in [1.82, 2.24) is 20.1 Å². The molecule has 6 heteroatoms. The number of nitrogens with zero attached hydrogens (tertiary/aromatic N) is 3. The number of hydrogen-bond acceptors (Lipinski definition) is 4. The molecule has 0 aliphatic rings. The minimum atomic E-state index is -0.00909. The standard InChI is InChI=1S/C14H28BrN5/c1-7-10-13(15)11(20(6)18-10)9-12(17-16)14(3,8-2)19(4)5/h12,17H,7-9,16H2,1-6H3. The molecule has 0 fully saturated rings. The van der Waals surface area contributed by atoms with E-state index in [0.29, 0.717) is 0 Å². The highest BCUT2D eigenvalue weighted by molar-refractivity contribution is 9.10. The third kappa shape index (κ3) is 3.24. The van der Waals surface area contributed by atoms with Gasteiger partial charge >= 0.3 is 0 Å². The van der Waals surface area contributed by atoms with Gasteiger partial charge in [-0.15, -0.1) is 0 Å². The van der Waals surface area contributed by atoms with Crippen LogP contribution in [0.15, 0.2) is 4.47 Å². The Hall–Kier alpha value is -0.430. The summed E-state index contributed by atoms with van der Waals surface area (Å²) >= 11 is 3.68. The molecule has 0 aromatic carbocycles. The first kappa shape index (κ1) is 17.6. The Labute approximate surface area is 131 Å². The van der Waals surface area contributed by atoms with E-state index >= 15 is 0 Å². The van der Waals surface area contributed by atoms with Crippen LogP contribution in [0.4, 0.5) is 0 Å². The van der Waals surface area contributed by atoms with Crippen molar-refractivity contribution in [2.45, 2.75) is 51.6 Å². The van der Waals surface area contributed by atoms with Gasteiger partial charge in [0.15, 0.2) is 0 Å². The number of likely N-dealkylation sites (N-methyl/N-ethyl adjacent to an activating group) is 1. The zero-order valence-electron chi connectivity index (χ0n) is 13.5. The van der Waals surface area contributed by atoms with Crippen molar-refractivity contribution in [3.8, 4) is 0 Å². The van der Waals surface area contributed by atoms with Crippen LogP contribution in [0.25, 0.3) is 0 Å². The van der Waals surface area contributed by atoms with Crippen LogP contribution in [-0.4, -0.2) is 40.4 Å². The van der Waals surface area contributed by atoms with E-state index in [1.807, 2.05) is 11.7 Å². The first-order valence-corrected chi connectivity index (χ1v) is 7.94. The largest absolute Gasteiger partial charge is 0.302 e. The zero-order chi connectivity index (χ0) is 15.5. The van der Waals surface area contributed by atoms with Gasteiger partial charge in [0.1, 0.15) is 0 Å². The predicted molar refractivity (Wildman–Crippen MR) is 87.5 cm³/mol. The predicted octanol–water partition coefficient (Wildman–Crippen LogP) is 1.85. The second kappa shape index (κ2) is 7.02. The van der Waals surface area contributed by atoms with Crippen LogP contribution in [0.3, 0.4) is 0 Å². The summed E-state index contributed by atoms with van der Waals surface area (Å²) < 4.78 is 3.07. The summed E-state index contributed by atoms with van der Waals surface area (Å²) in [5, 5.41) is 4.56. The highest BCUT2D eigenvalue weighted by Gasteiger charge is 2.35. The van der Waals surface area contributed by atoms with Crippen LogP contribution in [0.5, 0.6) is 0 Å². The molecule has 0 radical (unpaired) electrons. The summed E-state index contributed by atoms with van der Waals surface area (Å²) in [5.74, 6) is 5.84. The number of hydrogen-bond donors (Lipinski definition) is 2. The molecule has 0 saturated carbocycles. The molecule has 0 spiro atoms. The molecular weight excluding hydrogens is 318 g/mol. The number of nitrogens with two attached hydrogens (primary N) is 1. The number of nitrogens with one attached hydrogen (secondary N) is 1. The molecule has 0 saturated heterocycles. The quantitative estimate of drug-likeness (QED) is 0.584. The van der Waals surface area contributed by atoms with Gasteiger partial charge in [0.05, 0.1) is 15.9 Å². The van der Waals surface area contributed by atoms with Crippen LogP contribution in [0.2, 0.25) is 0 Å². The Morgan fingerprint density at radius 1 is 1.45 bits per heavy atom. The molecule has 0 aliphatic heterocycles. The van der Waals surface area contributed by atoms with E-state index < -0.39 is 0 Å². The summed E-state index contributed by atoms with van der Waals surface area (Å²) in [6.45, 7) is 6.55. The number of hydrazine groups is 1. The maximum Gasteiger partial charge on any atom is 0.0766 e. The van der Waals surface area contributed by atoms with Crippen molar-refractivity contribution in [3.63, 3.8) is 0 Å². The van der Waals surface area contributed by atoms with Crippen molar-refractivity contribution < 1.29 is 0 Å². The van der Waals surface area contributed by atoms with E-state index in [1.165, 1.54) is 5.69 Å². The van der Waals surface area contributed by atoms with E-state index in [4.69, 9.17) is 5.84 Å². The SMILES string of the molecule is CCc1nn(C)c(CC(NN)C(C)(CC)N(C)C)c1Br. The summed E-state index contributed by atoms with van der Waals surface area (Å²) in [5.41, 5.74) is 5.28. The molecule has 1 rings (SSSR count). The van der Waals surface area contributed by atoms with Crippen molar-refractivity contribution in [2.24, 2.45) is 12.9 Å². The molecule has 0 aliphatic carbocycles. The normalized spacial score (nSPS) is 16.4. The van der Waals surface area contributed by atoms with Crippen LogP contribution >= 0.6 is 15.9 Å². The lowest BCUT2D eigenvalue weighted by atomic mass is 9.85. The molecule has 1 aromatic rings. The van der Waals surface area contributed by atoms with Crippen molar-refractivity contribution in [3.05, 3.63) is 15.9 Å². The lowest BCUT2D eigenvalue weighted by molar-refractivity contribution is 0.111. The van der Waals surface area contributed by atoms with Gasteiger partial charge < -0.3 is 4.90 Å². The monoisotopic (exact) mass is 345 g/mol. The average Bonchev–Trinajstić information content (AvgIpc) is 2.69. The van der Waals surface area contributed by atoms with Gasteiger partial charge in [0.25, 0.3) is 0 Å². The van der Waals surface area contributed by atoms with Crippen LogP contribution < -0.4 is 11.3 Å². The first-order valence-electron chi connectivity index (χ1n) is 7.15. The Morgan fingerprint density at radius 2 is 2.05 bits per heavy atom. The van der Waals surface area contributed by atoms with E-state index in [2.05, 4.69) is 66.2 Å². The fourth-order valence-corrected chi connectivity index (χ4v) is 3.35. The number of halogens is 1. The zero-order valence-corrected chi connectivity index (χ0v) is 15.1. The summed E-state index contributed by atoms with van der Waals surface area (Å²) in [6, 6.07) is 0.152. The lowest BCUT2D eigenvalue weighted by Crippen LogP contribution is -2.59. The van der Waals surface area contributed by atoms with E-state index in [9.17, 15) is 0 Å². The fraction of sp³-hybridized carbons (Fsp3) is 0.786. The lowest BCUT2D eigenvalue weighted by Gasteiger charge is -2.42. The van der Waals surface area contributed by atoms with Gasteiger partial charge in [0, 0.05) is 25.0 Å². The minimum absolute atomic E-state index is 0.00909. The van der Waals surface area contributed by atoms with Gasteiger partial charge in [-0.1, -0.05) is 13.8 Å². The molecule has 2 atom stereocenters. The second-order valence-electron chi connectivity index (χ2n) is 5.71. The van der Waals surface area contributed by atoms with Crippen LogP contribution in [0, 0.1) is 0 Å². The average molecular weight is 346 g/mol. The maximum absolute atomic E-state index is 5.84. The maximum atomic E-state index is 5.84. The van der Waals surface area contributed by atoms with Crippen LogP contribution in [0.1, 0.15) is 38.6 Å². The molecule has 1 heterocycles. The van der Waals surface area contributed by atoms with Gasteiger partial charge in [-0.3, -0.25) is 16.0 Å². The Balaban J connectivity index is 3.08. The highest BCUT2D eigenvalue weighted by atomic mass is 79.9. The van der Waals surface area contributed by atoms with Crippen LogP contribution in [-0.2, 0) is 19.9 Å². The van der Waals surface area contributed by atoms with Gasteiger partial charge in [-0.2, -0.15) is 5.10 Å². The number of aromatic nitrogens is 2. The van der Waals surface area contributed by atoms with Crippen molar-refractivity contribution in [2.75, 3.05) is 14.1 Å². The summed E-state index contributed by atoms with van der Waals surface area (Å²) in [6.07, 6.45) is 2.78. The first-order chi connectivity index (χ1) is 9.31. The Kier molecular flexibility index (Phi) is 6.19. The highest BCUT2D eigenvalue weighted by Crippen LogP contribution is 2.28.